The van der Waals surface area contributed by atoms with Gasteiger partial charge < -0.3 is 15.6 Å². The zero-order valence-electron chi connectivity index (χ0n) is 12.5. The number of aliphatic hydroxyl groups is 1. The van der Waals surface area contributed by atoms with Gasteiger partial charge in [-0.25, -0.2) is 0 Å². The molecule has 0 aliphatic rings. The maximum atomic E-state index is 11.2. The molecular weight excluding hydrogens is 302 g/mol. The molecule has 0 bridgehead atoms. The summed E-state index contributed by atoms with van der Waals surface area (Å²) >= 11 is 6.17. The number of hydrogen-bond acceptors (Lipinski definition) is 3. The molecule has 0 fully saturated rings. The Morgan fingerprint density at radius 1 is 1.32 bits per heavy atom. The number of hydrogen-bond donors (Lipinski definition) is 2. The van der Waals surface area contributed by atoms with Gasteiger partial charge in [0.2, 0.25) is 0 Å². The Labute approximate surface area is 134 Å². The SMILES string of the molecule is Cc1ccc(C)c(OCc2c(Cl)cccc2C(O)C(N)=O)c1. The first-order valence-corrected chi connectivity index (χ1v) is 7.22. The number of carbonyl (C=O) groups is 1. The van der Waals surface area contributed by atoms with Gasteiger partial charge in [-0.15, -0.1) is 0 Å². The molecule has 1 unspecified atom stereocenters. The smallest absolute Gasteiger partial charge is 0.250 e. The van der Waals surface area contributed by atoms with Gasteiger partial charge in [-0.3, -0.25) is 4.79 Å². The van der Waals surface area contributed by atoms with Crippen molar-refractivity contribution in [3.63, 3.8) is 0 Å². The molecule has 0 radical (unpaired) electrons. The van der Waals surface area contributed by atoms with Gasteiger partial charge in [0.25, 0.3) is 5.91 Å². The van der Waals surface area contributed by atoms with Crippen molar-refractivity contribution < 1.29 is 14.6 Å². The van der Waals surface area contributed by atoms with Crippen LogP contribution in [-0.2, 0) is 11.4 Å². The van der Waals surface area contributed by atoms with Crippen LogP contribution in [0, 0.1) is 13.8 Å². The van der Waals surface area contributed by atoms with Gasteiger partial charge in [-0.05, 0) is 42.7 Å². The molecule has 5 heteroatoms. The fraction of sp³-hybridized carbons (Fsp3) is 0.235. The molecule has 3 N–H and O–H groups in total. The highest BCUT2D eigenvalue weighted by molar-refractivity contribution is 6.31. The van der Waals surface area contributed by atoms with Gasteiger partial charge >= 0.3 is 0 Å². The summed E-state index contributed by atoms with van der Waals surface area (Å²) in [5.74, 6) is -0.0883. The molecule has 0 saturated carbocycles. The molecule has 116 valence electrons. The lowest BCUT2D eigenvalue weighted by molar-refractivity contribution is -0.126. The van der Waals surface area contributed by atoms with Crippen molar-refractivity contribution in [1.82, 2.24) is 0 Å². The van der Waals surface area contributed by atoms with E-state index in [0.717, 1.165) is 16.9 Å². The van der Waals surface area contributed by atoms with Crippen LogP contribution in [0.4, 0.5) is 0 Å². The van der Waals surface area contributed by atoms with E-state index in [1.165, 1.54) is 0 Å². The van der Waals surface area contributed by atoms with Gasteiger partial charge in [0.05, 0.1) is 0 Å². The number of amides is 1. The second kappa shape index (κ2) is 6.81. The Bertz CT molecular complexity index is 700. The Hall–Kier alpha value is -2.04. The number of rotatable bonds is 5. The molecule has 0 spiro atoms. The highest BCUT2D eigenvalue weighted by Crippen LogP contribution is 2.28. The number of carbonyl (C=O) groups excluding carboxylic acids is 1. The summed E-state index contributed by atoms with van der Waals surface area (Å²) < 4.78 is 5.81. The van der Waals surface area contributed by atoms with Crippen molar-refractivity contribution in [3.8, 4) is 5.75 Å². The lowest BCUT2D eigenvalue weighted by Gasteiger charge is -2.16. The van der Waals surface area contributed by atoms with E-state index in [1.807, 2.05) is 32.0 Å². The first kappa shape index (κ1) is 16.3. The second-order valence-electron chi connectivity index (χ2n) is 5.17. The standard InChI is InChI=1S/C17H18ClNO3/c1-10-6-7-11(2)15(8-10)22-9-13-12(16(20)17(19)21)4-3-5-14(13)18/h3-8,16,20H,9H2,1-2H3,(H2,19,21). The Kier molecular flexibility index (Phi) is 5.06. The molecular formula is C17H18ClNO3. The summed E-state index contributed by atoms with van der Waals surface area (Å²) in [6.07, 6.45) is -1.41. The molecule has 2 aromatic rings. The summed E-state index contributed by atoms with van der Waals surface area (Å²) in [7, 11) is 0. The third-order valence-corrected chi connectivity index (χ3v) is 3.79. The van der Waals surface area contributed by atoms with Crippen LogP contribution in [0.25, 0.3) is 0 Å². The largest absolute Gasteiger partial charge is 0.489 e. The van der Waals surface area contributed by atoms with E-state index in [0.29, 0.717) is 16.1 Å². The van der Waals surface area contributed by atoms with E-state index >= 15 is 0 Å². The molecule has 4 nitrogen and oxygen atoms in total. The van der Waals surface area contributed by atoms with Gasteiger partial charge in [-0.2, -0.15) is 0 Å². The number of benzene rings is 2. The van der Waals surface area contributed by atoms with Gasteiger partial charge in [0.1, 0.15) is 12.4 Å². The number of aryl methyl sites for hydroxylation is 2. The zero-order valence-corrected chi connectivity index (χ0v) is 13.2. The fourth-order valence-corrected chi connectivity index (χ4v) is 2.39. The molecule has 22 heavy (non-hydrogen) atoms. The lowest BCUT2D eigenvalue weighted by atomic mass is 10.0. The van der Waals surface area contributed by atoms with Crippen LogP contribution < -0.4 is 10.5 Å². The monoisotopic (exact) mass is 319 g/mol. The maximum absolute atomic E-state index is 11.2. The Balaban J connectivity index is 2.29. The number of nitrogens with two attached hydrogens (primary N) is 1. The van der Waals surface area contributed by atoms with E-state index in [-0.39, 0.29) is 6.61 Å². The molecule has 0 saturated heterocycles. The highest BCUT2D eigenvalue weighted by atomic mass is 35.5. The first-order valence-electron chi connectivity index (χ1n) is 6.85. The summed E-state index contributed by atoms with van der Waals surface area (Å²) in [4.78, 5) is 11.2. The van der Waals surface area contributed by atoms with Crippen LogP contribution in [-0.4, -0.2) is 11.0 Å². The van der Waals surface area contributed by atoms with Crippen molar-refractivity contribution in [2.75, 3.05) is 0 Å². The summed E-state index contributed by atoms with van der Waals surface area (Å²) in [6, 6.07) is 10.8. The van der Waals surface area contributed by atoms with Crippen LogP contribution >= 0.6 is 11.6 Å². The first-order chi connectivity index (χ1) is 10.4. The zero-order chi connectivity index (χ0) is 16.3. The quantitative estimate of drug-likeness (QED) is 0.889. The predicted molar refractivity (Wildman–Crippen MR) is 85.9 cm³/mol. The average molecular weight is 320 g/mol. The minimum Gasteiger partial charge on any atom is -0.489 e. The van der Waals surface area contributed by atoms with E-state index in [1.54, 1.807) is 18.2 Å². The summed E-state index contributed by atoms with van der Waals surface area (Å²) in [5, 5.41) is 10.3. The maximum Gasteiger partial charge on any atom is 0.250 e. The minimum atomic E-state index is -1.41. The molecule has 0 aliphatic carbocycles. The highest BCUT2D eigenvalue weighted by Gasteiger charge is 2.20. The van der Waals surface area contributed by atoms with Crippen molar-refractivity contribution >= 4 is 17.5 Å². The van der Waals surface area contributed by atoms with Crippen molar-refractivity contribution in [2.24, 2.45) is 5.73 Å². The van der Waals surface area contributed by atoms with Crippen molar-refractivity contribution in [3.05, 3.63) is 63.7 Å². The molecule has 2 rings (SSSR count). The molecule has 0 aliphatic heterocycles. The van der Waals surface area contributed by atoms with Crippen molar-refractivity contribution in [1.29, 1.82) is 0 Å². The van der Waals surface area contributed by atoms with Crippen LogP contribution in [0.1, 0.15) is 28.4 Å². The number of halogens is 1. The van der Waals surface area contributed by atoms with Crippen LogP contribution in [0.2, 0.25) is 5.02 Å². The van der Waals surface area contributed by atoms with E-state index < -0.39 is 12.0 Å². The van der Waals surface area contributed by atoms with E-state index in [2.05, 4.69) is 0 Å². The van der Waals surface area contributed by atoms with Crippen molar-refractivity contribution in [2.45, 2.75) is 26.6 Å². The summed E-state index contributed by atoms with van der Waals surface area (Å²) in [6.45, 7) is 4.06. The molecule has 1 atom stereocenters. The number of primary amides is 1. The van der Waals surface area contributed by atoms with Gasteiger partial charge in [-0.1, -0.05) is 35.9 Å². The summed E-state index contributed by atoms with van der Waals surface area (Å²) in [5.41, 5.74) is 8.16. The van der Waals surface area contributed by atoms with Crippen LogP contribution in [0.15, 0.2) is 36.4 Å². The topological polar surface area (TPSA) is 72.6 Å². The van der Waals surface area contributed by atoms with Gasteiger partial charge in [0.15, 0.2) is 6.10 Å². The van der Waals surface area contributed by atoms with Crippen LogP contribution in [0.5, 0.6) is 5.75 Å². The fourth-order valence-electron chi connectivity index (χ4n) is 2.15. The third-order valence-electron chi connectivity index (χ3n) is 3.43. The van der Waals surface area contributed by atoms with Crippen LogP contribution in [0.3, 0.4) is 0 Å². The van der Waals surface area contributed by atoms with E-state index in [9.17, 15) is 9.90 Å². The predicted octanol–water partition coefficient (Wildman–Crippen LogP) is 3.05. The number of ether oxygens (including phenoxy) is 1. The van der Waals surface area contributed by atoms with Gasteiger partial charge in [0, 0.05) is 10.6 Å². The third kappa shape index (κ3) is 3.59. The molecule has 1 amide bonds. The normalized spacial score (nSPS) is 12.0. The lowest BCUT2D eigenvalue weighted by Crippen LogP contribution is -2.22. The molecule has 0 heterocycles. The number of aliphatic hydroxyl groups excluding tert-OH is 1. The average Bonchev–Trinajstić information content (AvgIpc) is 2.48. The Morgan fingerprint density at radius 2 is 2.05 bits per heavy atom. The Morgan fingerprint density at radius 3 is 2.73 bits per heavy atom. The second-order valence-corrected chi connectivity index (χ2v) is 5.58. The molecule has 0 aromatic heterocycles. The minimum absolute atomic E-state index is 0.143. The molecule has 2 aromatic carbocycles. The van der Waals surface area contributed by atoms with E-state index in [4.69, 9.17) is 22.1 Å².